The molecule has 2 fully saturated rings. The molecule has 2 saturated heterocycles. The molecule has 0 radical (unpaired) electrons. The highest BCUT2D eigenvalue weighted by Crippen LogP contribution is 2.42. The minimum Gasteiger partial charge on any atom is -0.478 e. The second-order valence-electron chi connectivity index (χ2n) is 10.4. The number of amidine groups is 1. The Morgan fingerprint density at radius 3 is 2.80 bits per heavy atom. The van der Waals surface area contributed by atoms with Crippen molar-refractivity contribution in [2.45, 2.75) is 18.1 Å². The number of esters is 1. The Morgan fingerprint density at radius 1 is 1.32 bits per heavy atom. The van der Waals surface area contributed by atoms with E-state index in [0.717, 1.165) is 0 Å². The molecule has 3 atom stereocenters. The summed E-state index contributed by atoms with van der Waals surface area (Å²) in [7, 11) is 1.23. The fourth-order valence-electron chi connectivity index (χ4n) is 5.51. The molecule has 1 aromatic heterocycles. The number of thiazole rings is 1. The third-order valence-electron chi connectivity index (χ3n) is 7.79. The fraction of sp³-hybridized carbons (Fsp3) is 0.300. The van der Waals surface area contributed by atoms with E-state index in [2.05, 4.69) is 25.9 Å². The number of benzene rings is 2. The first kappa shape index (κ1) is 31.4. The normalized spacial score (nSPS) is 21.7. The van der Waals surface area contributed by atoms with Gasteiger partial charge >= 0.3 is 11.9 Å². The standard InChI is InChI=1S/C30H28BrF2N5O5S/c1-43-28(41)22(24(21-6-5-19(32)14-23(21)31)36-25(34)26-35-9-12-44-26)7-10-37-11-8-30(33)18(15-37)16-38(29(30)42)20-4-2-3-17(13-20)27(39)40/h2-7,9,12-14,18,24H,8,10-11,15-16H2,1H3,(H2,34,36)(H,39,40)/b22-7-/t18-,24-,30+/m0/s1. The summed E-state index contributed by atoms with van der Waals surface area (Å²) in [4.78, 5) is 49.7. The Bertz CT molecular complexity index is 1650. The van der Waals surface area contributed by atoms with Gasteiger partial charge in [0.05, 0.1) is 18.2 Å². The van der Waals surface area contributed by atoms with E-state index in [1.165, 1.54) is 59.7 Å². The first-order valence-corrected chi connectivity index (χ1v) is 15.2. The van der Waals surface area contributed by atoms with Crippen molar-refractivity contribution in [3.8, 4) is 0 Å². The van der Waals surface area contributed by atoms with Crippen LogP contribution in [0, 0.1) is 11.7 Å². The van der Waals surface area contributed by atoms with Gasteiger partial charge in [0.25, 0.3) is 5.91 Å². The molecule has 1 amide bonds. The van der Waals surface area contributed by atoms with Crippen molar-refractivity contribution in [3.05, 3.63) is 92.1 Å². The number of aromatic nitrogens is 1. The lowest BCUT2D eigenvalue weighted by Gasteiger charge is -2.36. The zero-order chi connectivity index (χ0) is 31.6. The number of piperidine rings is 1. The molecule has 2 aromatic carbocycles. The molecule has 0 saturated carbocycles. The minimum absolute atomic E-state index is 0.000634. The number of likely N-dealkylation sites (tertiary alicyclic amines) is 1. The maximum atomic E-state index is 16.1. The van der Waals surface area contributed by atoms with Crippen LogP contribution in [0.2, 0.25) is 0 Å². The molecule has 3 heterocycles. The van der Waals surface area contributed by atoms with Crippen molar-refractivity contribution in [1.29, 1.82) is 0 Å². The number of amides is 1. The van der Waals surface area contributed by atoms with E-state index in [1.807, 2.05) is 4.90 Å². The van der Waals surface area contributed by atoms with Gasteiger partial charge in [-0.2, -0.15) is 0 Å². The highest BCUT2D eigenvalue weighted by atomic mass is 79.9. The molecule has 44 heavy (non-hydrogen) atoms. The number of nitrogens with two attached hydrogens (primary N) is 1. The summed E-state index contributed by atoms with van der Waals surface area (Å²) in [5, 5.41) is 11.5. The van der Waals surface area contributed by atoms with Gasteiger partial charge in [-0.05, 0) is 35.9 Å². The van der Waals surface area contributed by atoms with Crippen LogP contribution in [0.1, 0.15) is 33.4 Å². The number of carbonyl (C=O) groups excluding carboxylic acids is 2. The van der Waals surface area contributed by atoms with Gasteiger partial charge in [0.1, 0.15) is 11.9 Å². The van der Waals surface area contributed by atoms with Crippen LogP contribution in [0.4, 0.5) is 14.5 Å². The van der Waals surface area contributed by atoms with Gasteiger partial charge in [-0.25, -0.2) is 23.4 Å². The van der Waals surface area contributed by atoms with Crippen molar-refractivity contribution in [3.63, 3.8) is 0 Å². The maximum Gasteiger partial charge on any atom is 0.336 e. The smallest absolute Gasteiger partial charge is 0.336 e. The Kier molecular flexibility index (Phi) is 9.23. The molecule has 3 N–H and O–H groups in total. The average Bonchev–Trinajstić information content (AvgIpc) is 3.64. The summed E-state index contributed by atoms with van der Waals surface area (Å²) in [6.45, 7) is 0.698. The van der Waals surface area contributed by atoms with Crippen LogP contribution >= 0.6 is 27.3 Å². The van der Waals surface area contributed by atoms with Crippen LogP contribution in [0.25, 0.3) is 0 Å². The van der Waals surface area contributed by atoms with Gasteiger partial charge in [-0.15, -0.1) is 11.3 Å². The van der Waals surface area contributed by atoms with Crippen molar-refractivity contribution in [2.75, 3.05) is 38.2 Å². The quantitative estimate of drug-likeness (QED) is 0.146. The minimum atomic E-state index is -2.10. The van der Waals surface area contributed by atoms with Crippen LogP contribution in [0.5, 0.6) is 0 Å². The van der Waals surface area contributed by atoms with E-state index in [4.69, 9.17) is 10.5 Å². The zero-order valence-electron chi connectivity index (χ0n) is 23.5. The van der Waals surface area contributed by atoms with Crippen LogP contribution in [0.15, 0.2) is 75.2 Å². The molecule has 10 nitrogen and oxygen atoms in total. The summed E-state index contributed by atoms with van der Waals surface area (Å²) in [6, 6.07) is 8.88. The van der Waals surface area contributed by atoms with Gasteiger partial charge in [0.2, 0.25) is 0 Å². The molecule has 230 valence electrons. The van der Waals surface area contributed by atoms with Gasteiger partial charge in [-0.3, -0.25) is 14.7 Å². The largest absolute Gasteiger partial charge is 0.478 e. The lowest BCUT2D eigenvalue weighted by molar-refractivity contribution is -0.136. The third kappa shape index (κ3) is 6.28. The second kappa shape index (κ2) is 12.9. The molecule has 3 aromatic rings. The summed E-state index contributed by atoms with van der Waals surface area (Å²) in [6.07, 6.45) is 3.12. The molecule has 0 unspecified atom stereocenters. The van der Waals surface area contributed by atoms with Gasteiger partial charge in [0.15, 0.2) is 16.5 Å². The molecule has 14 heteroatoms. The topological polar surface area (TPSA) is 138 Å². The van der Waals surface area contributed by atoms with Crippen LogP contribution < -0.4 is 10.6 Å². The number of carboxylic acid groups (broad SMARTS) is 1. The Morgan fingerprint density at radius 2 is 2.11 bits per heavy atom. The fourth-order valence-corrected chi connectivity index (χ4v) is 6.62. The van der Waals surface area contributed by atoms with Crippen molar-refractivity contribution >= 4 is 56.6 Å². The summed E-state index contributed by atoms with van der Waals surface area (Å²) in [5.41, 5.74) is 5.08. The molecule has 0 bridgehead atoms. The lowest BCUT2D eigenvalue weighted by Crippen LogP contribution is -2.50. The predicted molar refractivity (Wildman–Crippen MR) is 164 cm³/mol. The highest BCUT2D eigenvalue weighted by Gasteiger charge is 2.57. The summed E-state index contributed by atoms with van der Waals surface area (Å²) in [5.74, 6) is -3.62. The van der Waals surface area contributed by atoms with Gasteiger partial charge in [0, 0.05) is 60.3 Å². The van der Waals surface area contributed by atoms with E-state index in [1.54, 1.807) is 23.7 Å². The number of carboxylic acids is 1. The molecule has 5 rings (SSSR count). The number of rotatable bonds is 9. The van der Waals surface area contributed by atoms with E-state index < -0.39 is 41.3 Å². The number of nitrogens with zero attached hydrogens (tertiary/aromatic N) is 4. The van der Waals surface area contributed by atoms with Crippen LogP contribution in [-0.2, 0) is 14.3 Å². The molecule has 2 aliphatic rings. The summed E-state index contributed by atoms with van der Waals surface area (Å²) < 4.78 is 35.5. The van der Waals surface area contributed by atoms with Crippen LogP contribution in [-0.4, -0.2) is 77.6 Å². The van der Waals surface area contributed by atoms with Crippen molar-refractivity contribution < 1.29 is 33.0 Å². The number of aliphatic imine (C=N–C) groups is 1. The number of anilines is 1. The molecule has 0 spiro atoms. The van der Waals surface area contributed by atoms with Crippen molar-refractivity contribution in [1.82, 2.24) is 9.88 Å². The Balaban J connectivity index is 1.42. The van der Waals surface area contributed by atoms with E-state index in [9.17, 15) is 23.9 Å². The number of alkyl halides is 1. The average molecular weight is 689 g/mol. The number of hydrogen-bond donors (Lipinski definition) is 2. The van der Waals surface area contributed by atoms with Crippen molar-refractivity contribution in [2.24, 2.45) is 16.6 Å². The number of fused-ring (bicyclic) bond motifs is 1. The predicted octanol–water partition coefficient (Wildman–Crippen LogP) is 4.37. The summed E-state index contributed by atoms with van der Waals surface area (Å²) >= 11 is 4.64. The number of aromatic carboxylic acids is 1. The first-order valence-electron chi connectivity index (χ1n) is 13.5. The third-order valence-corrected chi connectivity index (χ3v) is 9.27. The molecule has 0 aliphatic carbocycles. The Labute approximate surface area is 264 Å². The molecular weight excluding hydrogens is 660 g/mol. The lowest BCUT2D eigenvalue weighted by atomic mass is 9.85. The van der Waals surface area contributed by atoms with E-state index >= 15 is 4.39 Å². The number of methoxy groups -OCH3 is 1. The Hall–Kier alpha value is -4.01. The number of ether oxygens (including phenoxy) is 1. The molecule has 2 aliphatic heterocycles. The maximum absolute atomic E-state index is 16.1. The number of halogens is 3. The molecular formula is C30H28BrF2N5O5S. The number of carbonyl (C=O) groups is 3. The SMILES string of the molecule is COC(=O)/C(=C\CN1CC[C@]2(F)C(=O)N(c3cccc(C(=O)O)c3)C[C@@H]2C1)[C@@H](N=C(N)c1nccs1)c1ccc(F)cc1Br. The highest BCUT2D eigenvalue weighted by molar-refractivity contribution is 9.10. The number of hydrogen-bond acceptors (Lipinski definition) is 8. The monoisotopic (exact) mass is 687 g/mol. The zero-order valence-corrected chi connectivity index (χ0v) is 25.9. The van der Waals surface area contributed by atoms with E-state index in [-0.39, 0.29) is 49.6 Å². The van der Waals surface area contributed by atoms with E-state index in [0.29, 0.717) is 20.7 Å². The van der Waals surface area contributed by atoms with Gasteiger partial charge < -0.3 is 20.5 Å². The first-order chi connectivity index (χ1) is 21.0. The van der Waals surface area contributed by atoms with Crippen LogP contribution in [0.3, 0.4) is 0 Å². The second-order valence-corrected chi connectivity index (χ2v) is 12.2. The van der Waals surface area contributed by atoms with Gasteiger partial charge in [-0.1, -0.05) is 34.1 Å².